The van der Waals surface area contributed by atoms with Crippen molar-refractivity contribution in [2.75, 3.05) is 19.3 Å². The number of carbonyl (C=O) groups excluding carboxylic acids is 2. The molecule has 2 rings (SSSR count). The number of likely N-dealkylation sites (N-methyl/N-ethyl adjacent to an activating group) is 1. The van der Waals surface area contributed by atoms with Crippen LogP contribution in [0.5, 0.6) is 0 Å². The molecule has 0 aliphatic heterocycles. The maximum atomic E-state index is 12.4. The minimum absolute atomic E-state index is 0.0292. The lowest BCUT2D eigenvalue weighted by atomic mass is 10.2. The van der Waals surface area contributed by atoms with Gasteiger partial charge in [-0.05, 0) is 19.3 Å². The summed E-state index contributed by atoms with van der Waals surface area (Å²) in [6.07, 6.45) is 2.72. The van der Waals surface area contributed by atoms with E-state index in [9.17, 15) is 9.59 Å². The number of amides is 2. The van der Waals surface area contributed by atoms with Crippen LogP contribution in [0.15, 0.2) is 0 Å². The van der Waals surface area contributed by atoms with E-state index in [1.54, 1.807) is 14.1 Å². The van der Waals surface area contributed by atoms with Gasteiger partial charge in [-0.2, -0.15) is 5.10 Å². The Morgan fingerprint density at radius 3 is 2.65 bits per heavy atom. The molecule has 20 heavy (non-hydrogen) atoms. The largest absolute Gasteiger partial charge is 0.395 e. The fourth-order valence-corrected chi connectivity index (χ4v) is 2.08. The molecule has 1 aromatic heterocycles. The zero-order chi connectivity index (χ0) is 14.9. The van der Waals surface area contributed by atoms with Crippen molar-refractivity contribution in [3.05, 3.63) is 11.4 Å². The SMILES string of the molecule is CCc1nn(C)c(C(=O)N(C)CC(=O)NC2CC2)c1N. The molecule has 0 unspecified atom stereocenters. The van der Waals surface area contributed by atoms with E-state index in [2.05, 4.69) is 10.4 Å². The zero-order valence-electron chi connectivity index (χ0n) is 12.1. The molecular weight excluding hydrogens is 258 g/mol. The van der Waals surface area contributed by atoms with Crippen LogP contribution in [0.2, 0.25) is 0 Å². The molecule has 1 aromatic rings. The summed E-state index contributed by atoms with van der Waals surface area (Å²) in [5.41, 5.74) is 7.38. The van der Waals surface area contributed by atoms with Gasteiger partial charge < -0.3 is 16.0 Å². The molecule has 7 nitrogen and oxygen atoms in total. The topological polar surface area (TPSA) is 93.2 Å². The fourth-order valence-electron chi connectivity index (χ4n) is 2.08. The Labute approximate surface area is 118 Å². The number of hydrogen-bond donors (Lipinski definition) is 2. The van der Waals surface area contributed by atoms with Gasteiger partial charge in [0.15, 0.2) is 0 Å². The van der Waals surface area contributed by atoms with Crippen LogP contribution >= 0.6 is 0 Å². The van der Waals surface area contributed by atoms with Gasteiger partial charge in [-0.1, -0.05) is 6.92 Å². The molecule has 1 heterocycles. The number of rotatable bonds is 5. The van der Waals surface area contributed by atoms with E-state index >= 15 is 0 Å². The average molecular weight is 279 g/mol. The first kappa shape index (κ1) is 14.4. The third kappa shape index (κ3) is 2.92. The molecule has 1 aliphatic carbocycles. The van der Waals surface area contributed by atoms with Gasteiger partial charge in [0, 0.05) is 20.1 Å². The van der Waals surface area contributed by atoms with E-state index in [4.69, 9.17) is 5.73 Å². The van der Waals surface area contributed by atoms with E-state index in [1.165, 1.54) is 9.58 Å². The van der Waals surface area contributed by atoms with Crippen molar-refractivity contribution >= 4 is 17.5 Å². The highest BCUT2D eigenvalue weighted by atomic mass is 16.2. The highest BCUT2D eigenvalue weighted by Gasteiger charge is 2.26. The van der Waals surface area contributed by atoms with Gasteiger partial charge in [0.25, 0.3) is 5.91 Å². The molecule has 2 amide bonds. The quantitative estimate of drug-likeness (QED) is 0.788. The van der Waals surface area contributed by atoms with Crippen molar-refractivity contribution in [2.45, 2.75) is 32.2 Å². The standard InChI is InChI=1S/C13H21N5O2/c1-4-9-11(14)12(18(3)16-9)13(20)17(2)7-10(19)15-8-5-6-8/h8H,4-7,14H2,1-3H3,(H,15,19). The summed E-state index contributed by atoms with van der Waals surface area (Å²) in [5.74, 6) is -0.428. The molecule has 1 fully saturated rings. The lowest BCUT2D eigenvalue weighted by Gasteiger charge is -2.17. The summed E-state index contributed by atoms with van der Waals surface area (Å²) in [7, 11) is 3.27. The number of aromatic nitrogens is 2. The van der Waals surface area contributed by atoms with Gasteiger partial charge in [0.1, 0.15) is 5.69 Å². The summed E-state index contributed by atoms with van der Waals surface area (Å²) >= 11 is 0. The first-order valence-electron chi connectivity index (χ1n) is 6.80. The summed E-state index contributed by atoms with van der Waals surface area (Å²) in [6, 6.07) is 0.291. The third-order valence-corrected chi connectivity index (χ3v) is 3.37. The van der Waals surface area contributed by atoms with Crippen molar-refractivity contribution in [1.82, 2.24) is 20.0 Å². The number of nitrogens with one attached hydrogen (secondary N) is 1. The fraction of sp³-hybridized carbons (Fsp3) is 0.615. The van der Waals surface area contributed by atoms with Crippen LogP contribution in [0, 0.1) is 0 Å². The molecule has 1 saturated carbocycles. The Morgan fingerprint density at radius 2 is 2.15 bits per heavy atom. The summed E-state index contributed by atoms with van der Waals surface area (Å²) < 4.78 is 1.48. The lowest BCUT2D eigenvalue weighted by molar-refractivity contribution is -0.121. The third-order valence-electron chi connectivity index (χ3n) is 3.37. The minimum atomic E-state index is -0.289. The second-order valence-corrected chi connectivity index (χ2v) is 5.19. The highest BCUT2D eigenvalue weighted by molar-refractivity contribution is 5.99. The molecule has 0 radical (unpaired) electrons. The second-order valence-electron chi connectivity index (χ2n) is 5.19. The van der Waals surface area contributed by atoms with Crippen LogP contribution in [0.25, 0.3) is 0 Å². The summed E-state index contributed by atoms with van der Waals surface area (Å²) in [6.45, 7) is 1.96. The maximum Gasteiger partial charge on any atom is 0.274 e. The Hall–Kier alpha value is -2.05. The van der Waals surface area contributed by atoms with E-state index in [-0.39, 0.29) is 18.4 Å². The van der Waals surface area contributed by atoms with Gasteiger partial charge in [-0.3, -0.25) is 14.3 Å². The molecule has 1 aliphatic rings. The first-order chi connectivity index (χ1) is 9.43. The van der Waals surface area contributed by atoms with Gasteiger partial charge >= 0.3 is 0 Å². The van der Waals surface area contributed by atoms with Crippen LogP contribution in [0.3, 0.4) is 0 Å². The van der Waals surface area contributed by atoms with E-state index < -0.39 is 0 Å². The van der Waals surface area contributed by atoms with Crippen LogP contribution < -0.4 is 11.1 Å². The number of nitrogens with two attached hydrogens (primary N) is 1. The maximum absolute atomic E-state index is 12.4. The zero-order valence-corrected chi connectivity index (χ0v) is 12.1. The van der Waals surface area contributed by atoms with Crippen LogP contribution in [-0.2, 0) is 18.3 Å². The summed E-state index contributed by atoms with van der Waals surface area (Å²) in [4.78, 5) is 25.4. The minimum Gasteiger partial charge on any atom is -0.395 e. The van der Waals surface area contributed by atoms with Gasteiger partial charge in [0.2, 0.25) is 5.91 Å². The highest BCUT2D eigenvalue weighted by Crippen LogP contribution is 2.19. The smallest absolute Gasteiger partial charge is 0.274 e. The number of carbonyl (C=O) groups is 2. The van der Waals surface area contributed by atoms with E-state index in [1.807, 2.05) is 6.92 Å². The van der Waals surface area contributed by atoms with Crippen LogP contribution in [-0.4, -0.2) is 46.1 Å². The number of nitrogens with zero attached hydrogens (tertiary/aromatic N) is 3. The first-order valence-corrected chi connectivity index (χ1v) is 6.80. The predicted octanol–water partition coefficient (Wildman–Crippen LogP) is -0.0847. The number of anilines is 1. The van der Waals surface area contributed by atoms with Crippen molar-refractivity contribution < 1.29 is 9.59 Å². The molecule has 110 valence electrons. The van der Waals surface area contributed by atoms with Gasteiger partial charge in [0.05, 0.1) is 17.9 Å². The molecular formula is C13H21N5O2. The monoisotopic (exact) mass is 279 g/mol. The molecule has 0 saturated heterocycles. The van der Waals surface area contributed by atoms with E-state index in [0.29, 0.717) is 29.5 Å². The Kier molecular flexibility index (Phi) is 3.96. The van der Waals surface area contributed by atoms with Crippen LogP contribution in [0.1, 0.15) is 35.9 Å². The normalized spacial score (nSPS) is 14.2. The van der Waals surface area contributed by atoms with Crippen LogP contribution in [0.4, 0.5) is 5.69 Å². The van der Waals surface area contributed by atoms with Gasteiger partial charge in [-0.15, -0.1) is 0 Å². The van der Waals surface area contributed by atoms with Crippen molar-refractivity contribution in [3.8, 4) is 0 Å². The van der Waals surface area contributed by atoms with Crippen molar-refractivity contribution in [1.29, 1.82) is 0 Å². The van der Waals surface area contributed by atoms with E-state index in [0.717, 1.165) is 12.8 Å². The van der Waals surface area contributed by atoms with Crippen molar-refractivity contribution in [3.63, 3.8) is 0 Å². The molecule has 0 spiro atoms. The molecule has 7 heteroatoms. The average Bonchev–Trinajstić information content (AvgIpc) is 3.14. The van der Waals surface area contributed by atoms with Crippen molar-refractivity contribution in [2.24, 2.45) is 7.05 Å². The molecule has 0 atom stereocenters. The number of hydrogen-bond acceptors (Lipinski definition) is 4. The second kappa shape index (κ2) is 5.52. The lowest BCUT2D eigenvalue weighted by Crippen LogP contribution is -2.39. The molecule has 0 aromatic carbocycles. The number of nitrogen functional groups attached to an aromatic ring is 1. The molecule has 3 N–H and O–H groups in total. The Bertz CT molecular complexity index is 533. The summed E-state index contributed by atoms with van der Waals surface area (Å²) in [5, 5.41) is 7.06. The van der Waals surface area contributed by atoms with Gasteiger partial charge in [-0.25, -0.2) is 0 Å². The Morgan fingerprint density at radius 1 is 1.50 bits per heavy atom. The number of aryl methyl sites for hydroxylation is 2. The molecule has 0 bridgehead atoms. The predicted molar refractivity (Wildman–Crippen MR) is 75.1 cm³/mol. The Balaban J connectivity index is 2.05.